The van der Waals surface area contributed by atoms with Crippen LogP contribution in [0.25, 0.3) is 0 Å². The van der Waals surface area contributed by atoms with Crippen molar-refractivity contribution in [3.8, 4) is 0 Å². The number of hydrogen-bond acceptors (Lipinski definition) is 4. The molecule has 0 aliphatic carbocycles. The van der Waals surface area contributed by atoms with E-state index in [1.165, 1.54) is 4.90 Å². The fourth-order valence-electron chi connectivity index (χ4n) is 2.11. The summed E-state index contributed by atoms with van der Waals surface area (Å²) in [6.07, 6.45) is 1.79. The van der Waals surface area contributed by atoms with Crippen LogP contribution in [0, 0.1) is 5.92 Å². The Kier molecular flexibility index (Phi) is 3.19. The molecule has 0 unspecified atom stereocenters. The Bertz CT molecular complexity index is 307. The van der Waals surface area contributed by atoms with Crippen LogP contribution in [0.3, 0.4) is 0 Å². The molecular weight excluding hydrogens is 210 g/mol. The molecule has 0 saturated carbocycles. The van der Waals surface area contributed by atoms with Gasteiger partial charge in [0.15, 0.2) is 0 Å². The van der Waals surface area contributed by atoms with Gasteiger partial charge in [0.1, 0.15) is 13.1 Å². The molecule has 0 spiro atoms. The standard InChI is InChI=1S/C10H15N3O3/c14-8-5-13(6-9(15)12-8)10(16)7-2-1-3-11-4-7/h7,11H,1-6H2,(H,12,14,15)/t7-/m1/s1. The first-order valence-corrected chi connectivity index (χ1v) is 5.49. The zero-order chi connectivity index (χ0) is 11.5. The lowest BCUT2D eigenvalue weighted by Crippen LogP contribution is -2.55. The van der Waals surface area contributed by atoms with Crippen molar-refractivity contribution in [3.05, 3.63) is 0 Å². The van der Waals surface area contributed by atoms with E-state index in [0.29, 0.717) is 6.54 Å². The number of imide groups is 1. The molecule has 6 heteroatoms. The second kappa shape index (κ2) is 4.61. The lowest BCUT2D eigenvalue weighted by molar-refractivity contribution is -0.147. The second-order valence-corrected chi connectivity index (χ2v) is 4.21. The maximum atomic E-state index is 12.0. The number of hydrogen-bond donors (Lipinski definition) is 2. The SMILES string of the molecule is O=C1CN(C(=O)[C@@H]2CCCNC2)CC(=O)N1. The summed E-state index contributed by atoms with van der Waals surface area (Å²) in [5.74, 6) is -0.968. The van der Waals surface area contributed by atoms with E-state index >= 15 is 0 Å². The fraction of sp³-hybridized carbons (Fsp3) is 0.700. The Morgan fingerprint density at radius 1 is 1.25 bits per heavy atom. The minimum atomic E-state index is -0.395. The van der Waals surface area contributed by atoms with Crippen LogP contribution < -0.4 is 10.6 Å². The average molecular weight is 225 g/mol. The first-order valence-electron chi connectivity index (χ1n) is 5.49. The molecule has 0 aromatic carbocycles. The summed E-state index contributed by atoms with van der Waals surface area (Å²) in [5.41, 5.74) is 0. The molecule has 88 valence electrons. The summed E-state index contributed by atoms with van der Waals surface area (Å²) in [4.78, 5) is 35.6. The third-order valence-corrected chi connectivity index (χ3v) is 2.91. The lowest BCUT2D eigenvalue weighted by Gasteiger charge is -2.31. The van der Waals surface area contributed by atoms with Gasteiger partial charge in [0.05, 0.1) is 5.92 Å². The van der Waals surface area contributed by atoms with Gasteiger partial charge in [0.25, 0.3) is 0 Å². The Balaban J connectivity index is 1.97. The van der Waals surface area contributed by atoms with Crippen molar-refractivity contribution in [2.45, 2.75) is 12.8 Å². The van der Waals surface area contributed by atoms with E-state index in [1.54, 1.807) is 0 Å². The summed E-state index contributed by atoms with van der Waals surface area (Å²) in [6, 6.07) is 0. The van der Waals surface area contributed by atoms with Gasteiger partial charge < -0.3 is 10.2 Å². The van der Waals surface area contributed by atoms with Gasteiger partial charge in [-0.2, -0.15) is 0 Å². The Morgan fingerprint density at radius 2 is 1.94 bits per heavy atom. The van der Waals surface area contributed by atoms with Crippen molar-refractivity contribution in [2.75, 3.05) is 26.2 Å². The molecule has 2 aliphatic rings. The van der Waals surface area contributed by atoms with E-state index in [1.807, 2.05) is 0 Å². The molecule has 0 aromatic rings. The molecule has 2 N–H and O–H groups in total. The average Bonchev–Trinajstić information content (AvgIpc) is 2.28. The maximum Gasteiger partial charge on any atom is 0.246 e. The van der Waals surface area contributed by atoms with Crippen molar-refractivity contribution in [2.24, 2.45) is 5.92 Å². The topological polar surface area (TPSA) is 78.5 Å². The maximum absolute atomic E-state index is 12.0. The van der Waals surface area contributed by atoms with Gasteiger partial charge in [-0.25, -0.2) is 0 Å². The predicted octanol–water partition coefficient (Wildman–Crippen LogP) is -1.53. The van der Waals surface area contributed by atoms with Gasteiger partial charge in [0, 0.05) is 6.54 Å². The number of carbonyl (C=O) groups is 3. The van der Waals surface area contributed by atoms with E-state index < -0.39 is 11.8 Å². The quantitative estimate of drug-likeness (QED) is 0.531. The minimum absolute atomic E-state index is 0.00106. The molecule has 3 amide bonds. The van der Waals surface area contributed by atoms with E-state index in [4.69, 9.17) is 0 Å². The monoisotopic (exact) mass is 225 g/mol. The van der Waals surface area contributed by atoms with Crippen molar-refractivity contribution >= 4 is 17.7 Å². The highest BCUT2D eigenvalue weighted by Gasteiger charge is 2.31. The molecule has 2 heterocycles. The molecule has 2 aliphatic heterocycles. The number of nitrogens with zero attached hydrogens (tertiary/aromatic N) is 1. The van der Waals surface area contributed by atoms with Gasteiger partial charge in [-0.05, 0) is 19.4 Å². The van der Waals surface area contributed by atoms with Gasteiger partial charge >= 0.3 is 0 Å². The minimum Gasteiger partial charge on any atom is -0.324 e. The first kappa shape index (κ1) is 11.1. The Morgan fingerprint density at radius 3 is 2.50 bits per heavy atom. The van der Waals surface area contributed by atoms with Gasteiger partial charge in [-0.3, -0.25) is 19.7 Å². The third kappa shape index (κ3) is 2.38. The van der Waals surface area contributed by atoms with Crippen LogP contribution in [0.1, 0.15) is 12.8 Å². The molecule has 0 aromatic heterocycles. The molecule has 1 atom stereocenters. The van der Waals surface area contributed by atoms with E-state index in [9.17, 15) is 14.4 Å². The van der Waals surface area contributed by atoms with Gasteiger partial charge in [-0.1, -0.05) is 0 Å². The van der Waals surface area contributed by atoms with Crippen LogP contribution >= 0.6 is 0 Å². The van der Waals surface area contributed by atoms with Crippen molar-refractivity contribution in [3.63, 3.8) is 0 Å². The van der Waals surface area contributed by atoms with E-state index in [0.717, 1.165) is 19.4 Å². The summed E-state index contributed by atoms with van der Waals surface area (Å²) >= 11 is 0. The normalized spacial score (nSPS) is 26.5. The van der Waals surface area contributed by atoms with Crippen LogP contribution in [-0.2, 0) is 14.4 Å². The van der Waals surface area contributed by atoms with Gasteiger partial charge in [-0.15, -0.1) is 0 Å². The van der Waals surface area contributed by atoms with Crippen molar-refractivity contribution in [1.29, 1.82) is 0 Å². The summed E-state index contributed by atoms with van der Waals surface area (Å²) < 4.78 is 0. The zero-order valence-corrected chi connectivity index (χ0v) is 8.99. The highest BCUT2D eigenvalue weighted by atomic mass is 16.2. The van der Waals surface area contributed by atoms with Crippen LogP contribution in [-0.4, -0.2) is 48.8 Å². The summed E-state index contributed by atoms with van der Waals surface area (Å²) in [5, 5.41) is 5.32. The van der Waals surface area contributed by atoms with E-state index in [-0.39, 0.29) is 24.9 Å². The highest BCUT2D eigenvalue weighted by Crippen LogP contribution is 2.14. The molecule has 2 rings (SSSR count). The molecule has 0 bridgehead atoms. The van der Waals surface area contributed by atoms with Gasteiger partial charge in [0.2, 0.25) is 17.7 Å². The number of amides is 3. The van der Waals surface area contributed by atoms with Crippen molar-refractivity contribution in [1.82, 2.24) is 15.5 Å². The second-order valence-electron chi connectivity index (χ2n) is 4.21. The first-order chi connectivity index (χ1) is 7.66. The molecule has 6 nitrogen and oxygen atoms in total. The molecule has 0 radical (unpaired) electrons. The lowest BCUT2D eigenvalue weighted by atomic mass is 9.98. The third-order valence-electron chi connectivity index (χ3n) is 2.91. The molecule has 2 fully saturated rings. The predicted molar refractivity (Wildman–Crippen MR) is 55.3 cm³/mol. The Labute approximate surface area is 93.4 Å². The Hall–Kier alpha value is -1.43. The largest absolute Gasteiger partial charge is 0.324 e. The number of carbonyl (C=O) groups excluding carboxylic acids is 3. The summed E-state index contributed by atoms with van der Waals surface area (Å²) in [7, 11) is 0. The zero-order valence-electron chi connectivity index (χ0n) is 8.99. The number of piperidine rings is 1. The highest BCUT2D eigenvalue weighted by molar-refractivity contribution is 6.02. The smallest absolute Gasteiger partial charge is 0.246 e. The van der Waals surface area contributed by atoms with Crippen LogP contribution in [0.4, 0.5) is 0 Å². The van der Waals surface area contributed by atoms with Crippen molar-refractivity contribution < 1.29 is 14.4 Å². The van der Waals surface area contributed by atoms with E-state index in [2.05, 4.69) is 10.6 Å². The number of rotatable bonds is 1. The van der Waals surface area contributed by atoms with Crippen LogP contribution in [0.15, 0.2) is 0 Å². The fourth-order valence-corrected chi connectivity index (χ4v) is 2.11. The number of piperazine rings is 1. The van der Waals surface area contributed by atoms with Crippen LogP contribution in [0.5, 0.6) is 0 Å². The molecular formula is C10H15N3O3. The summed E-state index contributed by atoms with van der Waals surface area (Å²) in [6.45, 7) is 1.58. The number of nitrogens with one attached hydrogen (secondary N) is 2. The molecule has 16 heavy (non-hydrogen) atoms. The molecule has 2 saturated heterocycles. The van der Waals surface area contributed by atoms with Crippen LogP contribution in [0.2, 0.25) is 0 Å².